The zero-order valence-corrected chi connectivity index (χ0v) is 10.2. The van der Waals surface area contributed by atoms with Gasteiger partial charge in [-0.3, -0.25) is 0 Å². The first-order valence-corrected chi connectivity index (χ1v) is 7.54. The normalized spacial score (nSPS) is 16.8. The van der Waals surface area contributed by atoms with Crippen LogP contribution in [-0.2, 0) is 0 Å². The van der Waals surface area contributed by atoms with Gasteiger partial charge in [-0.2, -0.15) is 0 Å². The van der Waals surface area contributed by atoms with Gasteiger partial charge >= 0.3 is 0 Å². The highest BCUT2D eigenvalue weighted by atomic mass is 28.3. The molecule has 0 aromatic rings. The summed E-state index contributed by atoms with van der Waals surface area (Å²) in [5.74, 6) is 0. The van der Waals surface area contributed by atoms with E-state index in [4.69, 9.17) is 7.98 Å². The predicted octanol–water partition coefficient (Wildman–Crippen LogP) is 3.04. The van der Waals surface area contributed by atoms with Crippen LogP contribution in [0.2, 0.25) is 23.7 Å². The molecule has 0 rings (SSSR count). The molecule has 12 heavy (non-hydrogen) atoms. The zero-order chi connectivity index (χ0) is 9.99. The van der Waals surface area contributed by atoms with Gasteiger partial charge in [-0.15, -0.1) is 0 Å². The van der Waals surface area contributed by atoms with Gasteiger partial charge in [0.2, 0.25) is 0 Å². The van der Waals surface area contributed by atoms with Crippen molar-refractivity contribution in [2.45, 2.75) is 51.4 Å². The Morgan fingerprint density at radius 3 is 2.00 bits per heavy atom. The van der Waals surface area contributed by atoms with Crippen LogP contribution in [0, 0.1) is 0 Å². The van der Waals surface area contributed by atoms with Crippen LogP contribution in [0.5, 0.6) is 0 Å². The highest BCUT2D eigenvalue weighted by molar-refractivity contribution is 6.83. The summed E-state index contributed by atoms with van der Waals surface area (Å²) in [6, 6.07) is 0. The average molecular weight is 181 g/mol. The quantitative estimate of drug-likeness (QED) is 0.458. The Labute approximate surface area is 79.1 Å². The molecule has 0 aliphatic heterocycles. The second-order valence-corrected chi connectivity index (χ2v) is 10.9. The van der Waals surface area contributed by atoms with E-state index in [1.54, 1.807) is 0 Å². The number of hydrogen-bond acceptors (Lipinski definition) is 1. The van der Waals surface area contributed by atoms with E-state index in [9.17, 15) is 0 Å². The van der Waals surface area contributed by atoms with E-state index in [0.717, 1.165) is 0 Å². The Morgan fingerprint density at radius 1 is 1.33 bits per heavy atom. The van der Waals surface area contributed by atoms with Gasteiger partial charge in [-0.25, -0.2) is 0 Å². The number of rotatable bonds is 2. The molecular formula is C9H20BNSi. The Balaban J connectivity index is 4.61. The SMILES string of the molecule is [B]N=CC(C)[Si](C)(C)C(C)(C)C. The van der Waals surface area contributed by atoms with Crippen LogP contribution < -0.4 is 0 Å². The van der Waals surface area contributed by atoms with Crippen molar-refractivity contribution in [3.05, 3.63) is 0 Å². The van der Waals surface area contributed by atoms with E-state index in [-0.39, 0.29) is 0 Å². The van der Waals surface area contributed by atoms with Gasteiger partial charge < -0.3 is 4.90 Å². The molecule has 0 heterocycles. The van der Waals surface area contributed by atoms with E-state index in [2.05, 4.69) is 45.7 Å². The van der Waals surface area contributed by atoms with E-state index in [0.29, 0.717) is 10.6 Å². The van der Waals surface area contributed by atoms with Crippen LogP contribution in [0.4, 0.5) is 0 Å². The summed E-state index contributed by atoms with van der Waals surface area (Å²) in [5.41, 5.74) is 0.544. The summed E-state index contributed by atoms with van der Waals surface area (Å²) in [4.78, 5) is 3.63. The summed E-state index contributed by atoms with van der Waals surface area (Å²) < 4.78 is 0. The molecule has 0 saturated carbocycles. The molecule has 0 N–H and O–H groups in total. The van der Waals surface area contributed by atoms with Crippen molar-refractivity contribution in [2.24, 2.45) is 4.90 Å². The minimum atomic E-state index is -1.26. The van der Waals surface area contributed by atoms with E-state index < -0.39 is 8.07 Å². The lowest BCUT2D eigenvalue weighted by atomic mass is 10.2. The molecule has 0 aromatic carbocycles. The fourth-order valence-corrected chi connectivity index (χ4v) is 2.82. The van der Waals surface area contributed by atoms with Crippen molar-refractivity contribution in [1.29, 1.82) is 0 Å². The van der Waals surface area contributed by atoms with Crippen LogP contribution in [0.1, 0.15) is 27.7 Å². The maximum Gasteiger partial charge on any atom is 0.258 e. The first-order valence-electron chi connectivity index (χ1n) is 4.47. The van der Waals surface area contributed by atoms with Crippen LogP contribution in [0.25, 0.3) is 0 Å². The molecule has 0 aliphatic rings. The summed E-state index contributed by atoms with van der Waals surface area (Å²) >= 11 is 0. The molecule has 0 saturated heterocycles. The van der Waals surface area contributed by atoms with Crippen LogP contribution in [0.15, 0.2) is 4.90 Å². The molecule has 1 nitrogen and oxygen atoms in total. The van der Waals surface area contributed by atoms with Crippen molar-refractivity contribution in [1.82, 2.24) is 0 Å². The predicted molar refractivity (Wildman–Crippen MR) is 60.9 cm³/mol. The maximum atomic E-state index is 5.16. The van der Waals surface area contributed by atoms with Gasteiger partial charge in [-0.05, 0) is 16.8 Å². The molecule has 1 unspecified atom stereocenters. The summed E-state index contributed by atoms with van der Waals surface area (Å²) in [6.07, 6.45) is 1.89. The standard InChI is InChI=1S/C9H20BNSi/c1-8(7-11-10)12(5,6)9(2,3)4/h7-8H,1-6H3. The van der Waals surface area contributed by atoms with Gasteiger partial charge in [0.1, 0.15) is 0 Å². The third-order valence-corrected chi connectivity index (χ3v) is 9.67. The Hall–Kier alpha value is -0.0482. The number of hydrogen-bond donors (Lipinski definition) is 0. The Morgan fingerprint density at radius 2 is 1.75 bits per heavy atom. The number of nitrogens with zero attached hydrogens (tertiary/aromatic N) is 1. The molecule has 1 atom stereocenters. The maximum absolute atomic E-state index is 5.16. The third kappa shape index (κ3) is 2.47. The van der Waals surface area contributed by atoms with Gasteiger partial charge in [0, 0.05) is 0 Å². The smallest absolute Gasteiger partial charge is 0.258 e. The largest absolute Gasteiger partial charge is 0.367 e. The van der Waals surface area contributed by atoms with Crippen molar-refractivity contribution >= 4 is 22.3 Å². The van der Waals surface area contributed by atoms with Crippen LogP contribution in [-0.4, -0.2) is 22.3 Å². The van der Waals surface area contributed by atoms with Gasteiger partial charge in [0.25, 0.3) is 7.98 Å². The molecular weight excluding hydrogens is 161 g/mol. The summed E-state index contributed by atoms with van der Waals surface area (Å²) in [6.45, 7) is 13.9. The summed E-state index contributed by atoms with van der Waals surface area (Å²) in [7, 11) is 3.90. The molecule has 0 aliphatic carbocycles. The molecule has 0 spiro atoms. The van der Waals surface area contributed by atoms with Gasteiger partial charge in [-0.1, -0.05) is 40.8 Å². The van der Waals surface area contributed by atoms with Gasteiger partial charge in [0.15, 0.2) is 0 Å². The van der Waals surface area contributed by atoms with Crippen LogP contribution in [0.3, 0.4) is 0 Å². The molecule has 2 radical (unpaired) electrons. The zero-order valence-electron chi connectivity index (χ0n) is 9.18. The first-order chi connectivity index (χ1) is 5.23. The minimum Gasteiger partial charge on any atom is -0.367 e. The fourth-order valence-electron chi connectivity index (χ4n) is 0.998. The topological polar surface area (TPSA) is 12.4 Å². The lowest BCUT2D eigenvalue weighted by molar-refractivity contribution is 0.709. The second-order valence-electron chi connectivity index (χ2n) is 5.06. The van der Waals surface area contributed by atoms with Crippen molar-refractivity contribution in [3.63, 3.8) is 0 Å². The Kier molecular flexibility index (Phi) is 3.76. The summed E-state index contributed by atoms with van der Waals surface area (Å²) in [5, 5.41) is 0.410. The lowest BCUT2D eigenvalue weighted by Gasteiger charge is -2.40. The molecule has 3 heteroatoms. The van der Waals surface area contributed by atoms with Crippen molar-refractivity contribution in [3.8, 4) is 0 Å². The fraction of sp³-hybridized carbons (Fsp3) is 0.889. The first kappa shape index (κ1) is 12.0. The van der Waals surface area contributed by atoms with Crippen molar-refractivity contribution in [2.75, 3.05) is 0 Å². The van der Waals surface area contributed by atoms with E-state index >= 15 is 0 Å². The molecule has 68 valence electrons. The molecule has 0 aromatic heterocycles. The highest BCUT2D eigenvalue weighted by Gasteiger charge is 2.38. The molecule has 0 bridgehead atoms. The van der Waals surface area contributed by atoms with Gasteiger partial charge in [0.05, 0.1) is 8.07 Å². The minimum absolute atomic E-state index is 0.410. The van der Waals surface area contributed by atoms with E-state index in [1.807, 2.05) is 6.21 Å². The Bertz CT molecular complexity index is 170. The lowest BCUT2D eigenvalue weighted by Crippen LogP contribution is -2.41. The van der Waals surface area contributed by atoms with E-state index in [1.165, 1.54) is 0 Å². The third-order valence-electron chi connectivity index (χ3n) is 3.38. The second kappa shape index (κ2) is 3.77. The highest BCUT2D eigenvalue weighted by Crippen LogP contribution is 2.42. The molecule has 0 fully saturated rings. The average Bonchev–Trinajstić information content (AvgIpc) is 1.85. The monoisotopic (exact) mass is 181 g/mol. The van der Waals surface area contributed by atoms with Crippen LogP contribution >= 0.6 is 0 Å². The molecule has 0 amide bonds. The van der Waals surface area contributed by atoms with Crippen molar-refractivity contribution < 1.29 is 0 Å².